The van der Waals surface area contributed by atoms with E-state index in [0.29, 0.717) is 19.4 Å². The highest BCUT2D eigenvalue weighted by molar-refractivity contribution is 7.89. The summed E-state index contributed by atoms with van der Waals surface area (Å²) in [5.41, 5.74) is 1.76. The molecule has 2 unspecified atom stereocenters. The summed E-state index contributed by atoms with van der Waals surface area (Å²) in [6.07, 6.45) is 5.78. The minimum atomic E-state index is -3.70. The molecule has 0 radical (unpaired) electrons. The molecular weight excluding hydrogens is 438 g/mol. The summed E-state index contributed by atoms with van der Waals surface area (Å²) in [4.78, 5) is 29.8. The fraction of sp³-hybridized carbons (Fsp3) is 0.680. The van der Waals surface area contributed by atoms with Crippen molar-refractivity contribution in [3.63, 3.8) is 0 Å². The Morgan fingerprint density at radius 2 is 1.76 bits per heavy atom. The van der Waals surface area contributed by atoms with Crippen LogP contribution in [0.15, 0.2) is 23.1 Å². The van der Waals surface area contributed by atoms with Gasteiger partial charge in [-0.3, -0.25) is 9.59 Å². The van der Waals surface area contributed by atoms with E-state index < -0.39 is 10.0 Å². The molecule has 2 heterocycles. The number of carbonyl (C=O) groups excluding carboxylic acids is 2. The molecule has 2 fully saturated rings. The molecule has 2 aliphatic heterocycles. The van der Waals surface area contributed by atoms with E-state index in [9.17, 15) is 18.0 Å². The predicted octanol–water partition coefficient (Wildman–Crippen LogP) is 3.42. The van der Waals surface area contributed by atoms with Crippen LogP contribution < -0.4 is 4.90 Å². The number of fused-ring (bicyclic) bond motifs is 1. The van der Waals surface area contributed by atoms with Gasteiger partial charge in [-0.25, -0.2) is 8.42 Å². The highest BCUT2D eigenvalue weighted by Crippen LogP contribution is 2.40. The number of nitrogens with zero attached hydrogens (tertiary/aromatic N) is 3. The van der Waals surface area contributed by atoms with Crippen molar-refractivity contribution in [3.05, 3.63) is 23.8 Å². The first-order valence-corrected chi connectivity index (χ1v) is 14.0. The molecule has 1 aromatic carbocycles. The van der Waals surface area contributed by atoms with Crippen molar-refractivity contribution in [1.29, 1.82) is 0 Å². The van der Waals surface area contributed by atoms with Gasteiger partial charge >= 0.3 is 0 Å². The fourth-order valence-electron chi connectivity index (χ4n) is 5.27. The average Bonchev–Trinajstić information content (AvgIpc) is 3.60. The first kappa shape index (κ1) is 24.2. The number of sulfonamides is 1. The lowest BCUT2D eigenvalue weighted by molar-refractivity contribution is -0.136. The molecule has 33 heavy (non-hydrogen) atoms. The van der Waals surface area contributed by atoms with Gasteiger partial charge in [-0.2, -0.15) is 4.31 Å². The maximum atomic E-state index is 13.5. The van der Waals surface area contributed by atoms with Crippen LogP contribution >= 0.6 is 0 Å². The van der Waals surface area contributed by atoms with Crippen LogP contribution in [-0.4, -0.2) is 61.7 Å². The Balaban J connectivity index is 1.52. The van der Waals surface area contributed by atoms with E-state index in [1.807, 2.05) is 16.7 Å². The standard InChI is InChI=1S/C25H37N3O4S/c1-4-12-26(13-5-2)24(29)20-7-6-14-27(17-20)33(31,32)22-10-11-23-21(16-22)15-18(3)28(23)25(30)19-8-9-19/h10-11,16,18-20H,4-9,12-15,17H2,1-3H3. The third-order valence-corrected chi connectivity index (χ3v) is 8.96. The molecule has 0 aromatic heterocycles. The van der Waals surface area contributed by atoms with Crippen LogP contribution in [0.2, 0.25) is 0 Å². The Morgan fingerprint density at radius 3 is 2.39 bits per heavy atom. The smallest absolute Gasteiger partial charge is 0.243 e. The van der Waals surface area contributed by atoms with Gasteiger partial charge in [0.2, 0.25) is 21.8 Å². The highest BCUT2D eigenvalue weighted by atomic mass is 32.2. The molecule has 182 valence electrons. The lowest BCUT2D eigenvalue weighted by Gasteiger charge is -2.34. The molecular formula is C25H37N3O4S. The molecule has 0 N–H and O–H groups in total. The van der Waals surface area contributed by atoms with Crippen LogP contribution in [0.4, 0.5) is 5.69 Å². The molecule has 7 nitrogen and oxygen atoms in total. The molecule has 1 saturated carbocycles. The van der Waals surface area contributed by atoms with E-state index in [1.54, 1.807) is 18.2 Å². The lowest BCUT2D eigenvalue weighted by atomic mass is 9.98. The maximum absolute atomic E-state index is 13.5. The van der Waals surface area contributed by atoms with Crippen molar-refractivity contribution >= 4 is 27.5 Å². The summed E-state index contributed by atoms with van der Waals surface area (Å²) in [6, 6.07) is 5.22. The molecule has 2 atom stereocenters. The fourth-order valence-corrected chi connectivity index (χ4v) is 6.85. The van der Waals surface area contributed by atoms with Crippen molar-refractivity contribution in [2.45, 2.75) is 76.7 Å². The first-order valence-electron chi connectivity index (χ1n) is 12.5. The third-order valence-electron chi connectivity index (χ3n) is 7.10. The summed E-state index contributed by atoms with van der Waals surface area (Å²) in [7, 11) is -3.70. The molecule has 4 rings (SSSR count). The minimum Gasteiger partial charge on any atom is -0.342 e. The summed E-state index contributed by atoms with van der Waals surface area (Å²) in [5, 5.41) is 0. The van der Waals surface area contributed by atoms with Crippen LogP contribution in [0.3, 0.4) is 0 Å². The molecule has 2 amide bonds. The summed E-state index contributed by atoms with van der Waals surface area (Å²) < 4.78 is 28.5. The Morgan fingerprint density at radius 1 is 1.06 bits per heavy atom. The minimum absolute atomic E-state index is 0.0474. The second-order valence-electron chi connectivity index (χ2n) is 9.85. The number of rotatable bonds is 8. The number of amides is 2. The number of benzene rings is 1. The molecule has 1 aliphatic carbocycles. The summed E-state index contributed by atoms with van der Waals surface area (Å²) in [5.74, 6) is 0.0888. The van der Waals surface area contributed by atoms with Gasteiger partial charge in [0.15, 0.2) is 0 Å². The number of carbonyl (C=O) groups is 2. The van der Waals surface area contributed by atoms with Crippen molar-refractivity contribution in [1.82, 2.24) is 9.21 Å². The van der Waals surface area contributed by atoms with Crippen molar-refractivity contribution in [2.24, 2.45) is 11.8 Å². The topological polar surface area (TPSA) is 78.0 Å². The van der Waals surface area contributed by atoms with Crippen molar-refractivity contribution < 1.29 is 18.0 Å². The largest absolute Gasteiger partial charge is 0.342 e. The molecule has 8 heteroatoms. The second-order valence-corrected chi connectivity index (χ2v) is 11.8. The molecule has 0 bridgehead atoms. The third kappa shape index (κ3) is 4.83. The van der Waals surface area contributed by atoms with E-state index in [2.05, 4.69) is 13.8 Å². The van der Waals surface area contributed by atoms with Gasteiger partial charge in [-0.15, -0.1) is 0 Å². The Kier molecular flexibility index (Phi) is 7.15. The van der Waals surface area contributed by atoms with E-state index in [0.717, 1.165) is 56.4 Å². The zero-order valence-corrected chi connectivity index (χ0v) is 20.9. The second kappa shape index (κ2) is 9.74. The van der Waals surface area contributed by atoms with Gasteiger partial charge in [-0.1, -0.05) is 13.8 Å². The van der Waals surface area contributed by atoms with Gasteiger partial charge < -0.3 is 9.80 Å². The van der Waals surface area contributed by atoms with Gasteiger partial charge in [0.25, 0.3) is 0 Å². The Bertz CT molecular complexity index is 999. The van der Waals surface area contributed by atoms with Crippen LogP contribution in [0.25, 0.3) is 0 Å². The van der Waals surface area contributed by atoms with Crippen LogP contribution in [0.1, 0.15) is 64.9 Å². The molecule has 3 aliphatic rings. The van der Waals surface area contributed by atoms with Crippen LogP contribution in [0, 0.1) is 11.8 Å². The zero-order valence-electron chi connectivity index (χ0n) is 20.1. The summed E-state index contributed by atoms with van der Waals surface area (Å²) >= 11 is 0. The highest BCUT2D eigenvalue weighted by Gasteiger charge is 2.40. The monoisotopic (exact) mass is 475 g/mol. The molecule has 1 aromatic rings. The van der Waals surface area contributed by atoms with Gasteiger partial charge in [0.05, 0.1) is 10.8 Å². The number of piperidine rings is 1. The molecule has 0 spiro atoms. The normalized spacial score (nSPS) is 23.4. The van der Waals surface area contributed by atoms with E-state index in [-0.39, 0.29) is 41.1 Å². The zero-order chi connectivity index (χ0) is 23.8. The SMILES string of the molecule is CCCN(CCC)C(=O)C1CCCN(S(=O)(=O)c2ccc3c(c2)CC(C)N3C(=O)C2CC2)C1. The first-order chi connectivity index (χ1) is 15.8. The van der Waals surface area contributed by atoms with Crippen molar-refractivity contribution in [2.75, 3.05) is 31.1 Å². The van der Waals surface area contributed by atoms with Crippen LogP contribution in [-0.2, 0) is 26.0 Å². The average molecular weight is 476 g/mol. The number of hydrogen-bond donors (Lipinski definition) is 0. The van der Waals surface area contributed by atoms with Gasteiger partial charge in [0, 0.05) is 43.8 Å². The quantitative estimate of drug-likeness (QED) is 0.577. The predicted molar refractivity (Wildman–Crippen MR) is 128 cm³/mol. The van der Waals surface area contributed by atoms with Gasteiger partial charge in [-0.05, 0) is 75.6 Å². The Labute approximate surface area is 198 Å². The molecule has 1 saturated heterocycles. The van der Waals surface area contributed by atoms with E-state index >= 15 is 0 Å². The van der Waals surface area contributed by atoms with E-state index in [4.69, 9.17) is 0 Å². The lowest BCUT2D eigenvalue weighted by Crippen LogP contribution is -2.47. The van der Waals surface area contributed by atoms with Crippen molar-refractivity contribution in [3.8, 4) is 0 Å². The number of anilines is 1. The van der Waals surface area contributed by atoms with Crippen LogP contribution in [0.5, 0.6) is 0 Å². The summed E-state index contributed by atoms with van der Waals surface area (Å²) in [6.45, 7) is 8.25. The van der Waals surface area contributed by atoms with E-state index in [1.165, 1.54) is 4.31 Å². The Hall–Kier alpha value is -1.93. The maximum Gasteiger partial charge on any atom is 0.243 e. The number of hydrogen-bond acceptors (Lipinski definition) is 4. The van der Waals surface area contributed by atoms with Gasteiger partial charge in [0.1, 0.15) is 0 Å².